The van der Waals surface area contributed by atoms with E-state index in [1.807, 2.05) is 25.1 Å². The van der Waals surface area contributed by atoms with Crippen LogP contribution in [-0.4, -0.2) is 0 Å². The molecule has 2 nitrogen and oxygen atoms in total. The van der Waals surface area contributed by atoms with Crippen LogP contribution < -0.4 is 11.1 Å². The largest absolute Gasteiger partial charge is 0.395 e. The Bertz CT molecular complexity index is 555. The van der Waals surface area contributed by atoms with E-state index < -0.39 is 5.82 Å². The average molecular weight is 295 g/mol. The quantitative estimate of drug-likeness (QED) is 0.814. The fraction of sp³-hybridized carbons (Fsp3) is 0.0769. The molecule has 0 amide bonds. The summed E-state index contributed by atoms with van der Waals surface area (Å²) in [5.74, 6) is -0.412. The lowest BCUT2D eigenvalue weighted by Gasteiger charge is -2.12. The van der Waals surface area contributed by atoms with Gasteiger partial charge in [0, 0.05) is 10.2 Å². The van der Waals surface area contributed by atoms with Gasteiger partial charge in [0.25, 0.3) is 0 Å². The van der Waals surface area contributed by atoms with Gasteiger partial charge in [-0.25, -0.2) is 4.39 Å². The number of nitrogen functional groups attached to an aromatic ring is 1. The molecule has 2 aromatic rings. The number of nitrogens with one attached hydrogen (secondary N) is 1. The lowest BCUT2D eigenvalue weighted by Crippen LogP contribution is -1.99. The van der Waals surface area contributed by atoms with Gasteiger partial charge in [0.1, 0.15) is 5.82 Å². The number of hydrogen-bond acceptors (Lipinski definition) is 2. The van der Waals surface area contributed by atoms with E-state index in [9.17, 15) is 4.39 Å². The predicted octanol–water partition coefficient (Wildman–Crippen LogP) is 4.22. The highest BCUT2D eigenvalue weighted by atomic mass is 79.9. The van der Waals surface area contributed by atoms with Crippen molar-refractivity contribution in [3.05, 3.63) is 52.3 Å². The molecule has 2 aromatic carbocycles. The van der Waals surface area contributed by atoms with Crippen LogP contribution in [0, 0.1) is 12.7 Å². The van der Waals surface area contributed by atoms with Crippen molar-refractivity contribution in [3.63, 3.8) is 0 Å². The zero-order chi connectivity index (χ0) is 12.4. The van der Waals surface area contributed by atoms with Crippen LogP contribution in [0.2, 0.25) is 0 Å². The minimum absolute atomic E-state index is 0.134. The maximum Gasteiger partial charge on any atom is 0.148 e. The maximum absolute atomic E-state index is 13.3. The number of anilines is 3. The van der Waals surface area contributed by atoms with E-state index in [0.29, 0.717) is 5.69 Å². The summed E-state index contributed by atoms with van der Waals surface area (Å²) >= 11 is 3.40. The van der Waals surface area contributed by atoms with Crippen LogP contribution in [0.1, 0.15) is 5.56 Å². The maximum atomic E-state index is 13.3. The molecular weight excluding hydrogens is 283 g/mol. The minimum atomic E-state index is -0.412. The van der Waals surface area contributed by atoms with Crippen molar-refractivity contribution in [3.8, 4) is 0 Å². The topological polar surface area (TPSA) is 38.0 Å². The zero-order valence-electron chi connectivity index (χ0n) is 9.30. The van der Waals surface area contributed by atoms with Crippen LogP contribution >= 0.6 is 15.9 Å². The Balaban J connectivity index is 2.35. The van der Waals surface area contributed by atoms with Crippen molar-refractivity contribution < 1.29 is 4.39 Å². The van der Waals surface area contributed by atoms with Gasteiger partial charge in [0.15, 0.2) is 0 Å². The zero-order valence-corrected chi connectivity index (χ0v) is 10.9. The molecule has 0 unspecified atom stereocenters. The van der Waals surface area contributed by atoms with Gasteiger partial charge >= 0.3 is 0 Å². The van der Waals surface area contributed by atoms with E-state index in [-0.39, 0.29) is 5.69 Å². The fourth-order valence-electron chi connectivity index (χ4n) is 1.56. The first-order chi connectivity index (χ1) is 8.08. The summed E-state index contributed by atoms with van der Waals surface area (Å²) in [7, 11) is 0. The second-order valence-electron chi connectivity index (χ2n) is 3.79. The summed E-state index contributed by atoms with van der Waals surface area (Å²) in [5.41, 5.74) is 8.34. The van der Waals surface area contributed by atoms with Crippen LogP contribution in [0.15, 0.2) is 40.9 Å². The molecule has 0 saturated carbocycles. The van der Waals surface area contributed by atoms with Crippen molar-refractivity contribution in [1.82, 2.24) is 0 Å². The molecule has 0 aliphatic carbocycles. The summed E-state index contributed by atoms with van der Waals surface area (Å²) < 4.78 is 14.3. The van der Waals surface area contributed by atoms with Gasteiger partial charge in [-0.1, -0.05) is 22.0 Å². The lowest BCUT2D eigenvalue weighted by molar-refractivity contribution is 0.633. The van der Waals surface area contributed by atoms with Crippen molar-refractivity contribution in [1.29, 1.82) is 0 Å². The molecule has 0 fully saturated rings. The Morgan fingerprint density at radius 1 is 1.18 bits per heavy atom. The number of aryl methyl sites for hydroxylation is 1. The smallest absolute Gasteiger partial charge is 0.148 e. The third-order valence-electron chi connectivity index (χ3n) is 2.51. The summed E-state index contributed by atoms with van der Waals surface area (Å²) in [6.07, 6.45) is 0. The van der Waals surface area contributed by atoms with Crippen molar-refractivity contribution in [2.45, 2.75) is 6.92 Å². The number of benzene rings is 2. The average Bonchev–Trinajstić information content (AvgIpc) is 2.28. The lowest BCUT2D eigenvalue weighted by atomic mass is 10.2. The minimum Gasteiger partial charge on any atom is -0.395 e. The molecule has 0 aliphatic heterocycles. The van der Waals surface area contributed by atoms with Crippen molar-refractivity contribution in [2.75, 3.05) is 11.1 Å². The predicted molar refractivity (Wildman–Crippen MR) is 73.0 cm³/mol. The molecule has 3 N–H and O–H groups in total. The van der Waals surface area contributed by atoms with Gasteiger partial charge in [-0.15, -0.1) is 0 Å². The molecule has 88 valence electrons. The molecular formula is C13H12BrFN2. The second kappa shape index (κ2) is 4.75. The van der Waals surface area contributed by atoms with Gasteiger partial charge in [-0.05, 0) is 42.8 Å². The Labute approximate surface area is 108 Å². The molecule has 0 heterocycles. The molecule has 17 heavy (non-hydrogen) atoms. The van der Waals surface area contributed by atoms with Gasteiger partial charge in [0.2, 0.25) is 0 Å². The van der Waals surface area contributed by atoms with Gasteiger partial charge in [-0.3, -0.25) is 0 Å². The molecule has 0 radical (unpaired) electrons. The number of nitrogens with two attached hydrogens (primary N) is 1. The number of hydrogen-bond donors (Lipinski definition) is 2. The normalized spacial score (nSPS) is 10.3. The number of halogens is 2. The SMILES string of the molecule is Cc1cc(Br)ccc1Nc1cccc(F)c1N. The number of rotatable bonds is 2. The Hall–Kier alpha value is -1.55. The fourth-order valence-corrected chi connectivity index (χ4v) is 2.03. The van der Waals surface area contributed by atoms with Crippen molar-refractivity contribution in [2.24, 2.45) is 0 Å². The highest BCUT2D eigenvalue weighted by molar-refractivity contribution is 9.10. The standard InChI is InChI=1S/C13H12BrFN2/c1-8-7-9(14)5-6-11(8)17-12-4-2-3-10(15)13(12)16/h2-7,17H,16H2,1H3. The van der Waals surface area contributed by atoms with Gasteiger partial charge in [0.05, 0.1) is 11.4 Å². The molecule has 0 aliphatic rings. The van der Waals surface area contributed by atoms with Gasteiger partial charge in [-0.2, -0.15) is 0 Å². The highest BCUT2D eigenvalue weighted by Crippen LogP contribution is 2.28. The van der Waals surface area contributed by atoms with Crippen LogP contribution in [0.5, 0.6) is 0 Å². The third-order valence-corrected chi connectivity index (χ3v) is 3.00. The summed E-state index contributed by atoms with van der Waals surface area (Å²) in [4.78, 5) is 0. The monoisotopic (exact) mass is 294 g/mol. The molecule has 4 heteroatoms. The first-order valence-corrected chi connectivity index (χ1v) is 5.94. The molecule has 0 saturated heterocycles. The number of para-hydroxylation sites is 1. The summed E-state index contributed by atoms with van der Waals surface area (Å²) in [5, 5.41) is 3.12. The Morgan fingerprint density at radius 2 is 1.94 bits per heavy atom. The molecule has 2 rings (SSSR count). The van der Waals surface area contributed by atoms with E-state index in [1.165, 1.54) is 6.07 Å². The Kier molecular flexibility index (Phi) is 3.33. The van der Waals surface area contributed by atoms with E-state index >= 15 is 0 Å². The van der Waals surface area contributed by atoms with Gasteiger partial charge < -0.3 is 11.1 Å². The van der Waals surface area contributed by atoms with Crippen LogP contribution in [0.4, 0.5) is 21.5 Å². The van der Waals surface area contributed by atoms with Crippen molar-refractivity contribution >= 4 is 33.0 Å². The van der Waals surface area contributed by atoms with Crippen LogP contribution in [0.3, 0.4) is 0 Å². The van der Waals surface area contributed by atoms with Crippen LogP contribution in [0.25, 0.3) is 0 Å². The van der Waals surface area contributed by atoms with Crippen LogP contribution in [-0.2, 0) is 0 Å². The first-order valence-electron chi connectivity index (χ1n) is 5.15. The summed E-state index contributed by atoms with van der Waals surface area (Å²) in [6.45, 7) is 1.97. The van der Waals surface area contributed by atoms with E-state index in [4.69, 9.17) is 5.73 Å². The first kappa shape index (κ1) is 11.9. The third kappa shape index (κ3) is 2.58. The molecule has 0 bridgehead atoms. The molecule has 0 aromatic heterocycles. The molecule has 0 atom stereocenters. The Morgan fingerprint density at radius 3 is 2.65 bits per heavy atom. The summed E-state index contributed by atoms with van der Waals surface area (Å²) in [6, 6.07) is 10.5. The van der Waals surface area contributed by atoms with E-state index in [1.54, 1.807) is 12.1 Å². The van der Waals surface area contributed by atoms with E-state index in [2.05, 4.69) is 21.2 Å². The van der Waals surface area contributed by atoms with E-state index in [0.717, 1.165) is 15.7 Å². The molecule has 0 spiro atoms. The second-order valence-corrected chi connectivity index (χ2v) is 4.70. The highest BCUT2D eigenvalue weighted by Gasteiger charge is 2.05.